The summed E-state index contributed by atoms with van der Waals surface area (Å²) in [5.41, 5.74) is 18.7. The van der Waals surface area contributed by atoms with Crippen LogP contribution in [0.4, 0.5) is 17.6 Å². The third kappa shape index (κ3) is 8.37. The summed E-state index contributed by atoms with van der Waals surface area (Å²) in [7, 11) is 1.94. The molecule has 0 bridgehead atoms. The normalized spacial score (nSPS) is 15.6. The summed E-state index contributed by atoms with van der Waals surface area (Å²) in [6.45, 7) is 14.2. The maximum Gasteiger partial charge on any atom is 0.276 e. The lowest BCUT2D eigenvalue weighted by molar-refractivity contribution is 0.0358. The van der Waals surface area contributed by atoms with Crippen LogP contribution >= 0.6 is 0 Å². The van der Waals surface area contributed by atoms with Gasteiger partial charge in [0.25, 0.3) is 11.8 Å². The number of primary amides is 1. The second kappa shape index (κ2) is 17.8. The van der Waals surface area contributed by atoms with E-state index < -0.39 is 5.91 Å². The van der Waals surface area contributed by atoms with Crippen molar-refractivity contribution >= 4 is 57.4 Å². The van der Waals surface area contributed by atoms with Gasteiger partial charge in [0.05, 0.1) is 59.5 Å². The van der Waals surface area contributed by atoms with E-state index in [0.29, 0.717) is 77.4 Å². The van der Waals surface area contributed by atoms with Crippen LogP contribution in [-0.4, -0.2) is 114 Å². The molecule has 2 aliphatic rings. The minimum Gasteiger partial charge on any atom is -0.491 e. The van der Waals surface area contributed by atoms with Crippen LogP contribution in [0.3, 0.4) is 0 Å². The number of nitrogens with zero attached hydrogens (tertiary/aromatic N) is 10. The number of likely N-dealkylation sites (N-methyl/N-ethyl adjacent to an activating group) is 1. The van der Waals surface area contributed by atoms with Gasteiger partial charge < -0.3 is 30.4 Å². The molecule has 0 aliphatic carbocycles. The number of rotatable bonds is 16. The molecule has 1 fully saturated rings. The Balaban J connectivity index is 1.16. The molecule has 6 aromatic rings. The number of fused-ring (bicyclic) bond motifs is 1. The van der Waals surface area contributed by atoms with E-state index in [-0.39, 0.29) is 30.9 Å². The Hall–Kier alpha value is -6.57. The number of allylic oxidation sites excluding steroid dienone is 1. The number of nitrogens with two attached hydrogens (primary N) is 2. The highest BCUT2D eigenvalue weighted by atomic mass is 16.5. The summed E-state index contributed by atoms with van der Waals surface area (Å²) >= 11 is 0. The lowest BCUT2D eigenvalue weighted by Gasteiger charge is -2.32. The van der Waals surface area contributed by atoms with Crippen molar-refractivity contribution in [1.29, 1.82) is 0 Å². The molecule has 0 unspecified atom stereocenters. The molecule has 8 rings (SSSR count). The monoisotopic (exact) mass is 846 g/mol. The van der Waals surface area contributed by atoms with Crippen LogP contribution in [-0.2, 0) is 30.9 Å². The number of morpholine rings is 1. The van der Waals surface area contributed by atoms with Crippen LogP contribution in [0.25, 0.3) is 22.1 Å². The fourth-order valence-electron chi connectivity index (χ4n) is 8.34. The van der Waals surface area contributed by atoms with Gasteiger partial charge in [0, 0.05) is 65.0 Å². The number of amides is 3. The zero-order valence-corrected chi connectivity index (χ0v) is 35.8. The van der Waals surface area contributed by atoms with Gasteiger partial charge in [0.15, 0.2) is 0 Å². The van der Waals surface area contributed by atoms with Gasteiger partial charge >= 0.3 is 0 Å². The maximum atomic E-state index is 13.9. The van der Waals surface area contributed by atoms with Crippen molar-refractivity contribution in [3.63, 3.8) is 0 Å². The second-order valence-electron chi connectivity index (χ2n) is 15.7. The molecule has 4 aromatic heterocycles. The molecule has 3 amide bonds. The molecular formula is C43H54N14O5. The molecule has 0 saturated carbocycles. The van der Waals surface area contributed by atoms with Crippen LogP contribution in [0, 0.1) is 13.8 Å². The van der Waals surface area contributed by atoms with Crippen LogP contribution in [0.2, 0.25) is 0 Å². The molecule has 2 aromatic carbocycles. The van der Waals surface area contributed by atoms with E-state index in [1.165, 1.54) is 0 Å². The Morgan fingerprint density at radius 1 is 0.887 bits per heavy atom. The van der Waals surface area contributed by atoms with Gasteiger partial charge in [-0.05, 0) is 76.1 Å². The first-order valence-corrected chi connectivity index (χ1v) is 21.1. The van der Waals surface area contributed by atoms with Crippen molar-refractivity contribution in [3.05, 3.63) is 82.5 Å². The van der Waals surface area contributed by atoms with E-state index in [0.717, 1.165) is 67.4 Å². The quantitative estimate of drug-likeness (QED) is 0.0806. The molecule has 2 aliphatic heterocycles. The number of carbonyl (C=O) groups excluding carboxylic acids is 3. The molecule has 19 nitrogen and oxygen atoms in total. The van der Waals surface area contributed by atoms with Gasteiger partial charge in [-0.2, -0.15) is 10.2 Å². The van der Waals surface area contributed by atoms with E-state index in [1.807, 2.05) is 73.1 Å². The number of benzene rings is 2. The lowest BCUT2D eigenvalue weighted by atomic mass is 10.1. The van der Waals surface area contributed by atoms with E-state index in [1.54, 1.807) is 33.6 Å². The Labute approximate surface area is 358 Å². The molecule has 0 spiro atoms. The highest BCUT2D eigenvalue weighted by Crippen LogP contribution is 2.39. The van der Waals surface area contributed by atoms with Gasteiger partial charge in [-0.25, -0.2) is 9.97 Å². The third-order valence-electron chi connectivity index (χ3n) is 11.3. The van der Waals surface area contributed by atoms with Crippen molar-refractivity contribution in [2.24, 2.45) is 11.5 Å². The lowest BCUT2D eigenvalue weighted by Crippen LogP contribution is -2.37. The second-order valence-corrected chi connectivity index (χ2v) is 15.7. The molecule has 0 radical (unpaired) electrons. The summed E-state index contributed by atoms with van der Waals surface area (Å²) in [6, 6.07) is 10.4. The first-order valence-electron chi connectivity index (χ1n) is 21.1. The first-order chi connectivity index (χ1) is 30.0. The Morgan fingerprint density at radius 3 is 2.18 bits per heavy atom. The van der Waals surface area contributed by atoms with E-state index in [4.69, 9.17) is 30.9 Å². The average Bonchev–Trinajstić information content (AvgIpc) is 4.03. The maximum absolute atomic E-state index is 13.9. The number of hydrogen-bond donors (Lipinski definition) is 4. The van der Waals surface area contributed by atoms with Crippen LogP contribution in [0.1, 0.15) is 74.6 Å². The van der Waals surface area contributed by atoms with Crippen molar-refractivity contribution in [1.82, 2.24) is 43.6 Å². The number of nitrogens with one attached hydrogen (secondary N) is 2. The summed E-state index contributed by atoms with van der Waals surface area (Å²) in [6.07, 6.45) is 4.86. The number of anilines is 3. The van der Waals surface area contributed by atoms with Gasteiger partial charge in [-0.1, -0.05) is 12.2 Å². The number of imidazole rings is 2. The first kappa shape index (κ1) is 42.1. The molecule has 1 saturated heterocycles. The summed E-state index contributed by atoms with van der Waals surface area (Å²) in [4.78, 5) is 54.3. The fraction of sp³-hybridized carbons (Fsp3) is 0.419. The Morgan fingerprint density at radius 2 is 1.53 bits per heavy atom. The molecule has 6 heterocycles. The standard InChI is InChI=1S/C43H54N14O5/c1-6-55-34(18-26(3)50-55)40(59)48-42-46-31-20-28(24-44)21-36(62-15-9-11-53-13-16-61-17-14-53)38(31)54(42)12-8-10-30-25-52(5)33-23-29(39(45)58)22-32-37(33)57(30)43(47-32)49-41(60)35-19-27(4)51-56(35)7-2/h8,10,18-23,30H,6-7,9,11-17,24-25,44H2,1-5H3,(H2,45,58)(H,46,48,59)(H,47,49,60)/b10-8+/t30-/m0/s1. The summed E-state index contributed by atoms with van der Waals surface area (Å²) in [5.74, 6) is -0.0410. The van der Waals surface area contributed by atoms with Crippen molar-refractivity contribution < 1.29 is 23.9 Å². The van der Waals surface area contributed by atoms with E-state index in [2.05, 4.69) is 25.7 Å². The van der Waals surface area contributed by atoms with Crippen LogP contribution < -0.4 is 31.7 Å². The Kier molecular flexibility index (Phi) is 12.1. The SMILES string of the molecule is CCn1nc(C)cc1C(=O)Nc1nc2cc(CN)cc(OCCCN3CCOCC3)c2n1C/C=C/[C@H]1CN(C)c2cc(C(N)=O)cc3nc(NC(=O)c4cc(C)nn4CC)n1c23. The number of carbonyl (C=O) groups is 3. The zero-order chi connectivity index (χ0) is 43.7. The minimum absolute atomic E-state index is 0.278. The Bertz CT molecular complexity index is 2680. The summed E-state index contributed by atoms with van der Waals surface area (Å²) < 4.78 is 19.3. The molecule has 19 heteroatoms. The predicted molar refractivity (Wildman–Crippen MR) is 236 cm³/mol. The van der Waals surface area contributed by atoms with Crippen molar-refractivity contribution in [2.45, 2.75) is 66.3 Å². The van der Waals surface area contributed by atoms with Crippen LogP contribution in [0.15, 0.2) is 48.6 Å². The molecule has 1 atom stereocenters. The fourth-order valence-corrected chi connectivity index (χ4v) is 8.34. The van der Waals surface area contributed by atoms with Gasteiger partial charge in [-0.15, -0.1) is 0 Å². The van der Waals surface area contributed by atoms with Gasteiger partial charge in [0.2, 0.25) is 17.8 Å². The van der Waals surface area contributed by atoms with E-state index in [9.17, 15) is 14.4 Å². The van der Waals surface area contributed by atoms with Gasteiger partial charge in [-0.3, -0.25) is 43.8 Å². The predicted octanol–water partition coefficient (Wildman–Crippen LogP) is 3.85. The smallest absolute Gasteiger partial charge is 0.276 e. The minimum atomic E-state index is -0.579. The molecule has 326 valence electrons. The highest BCUT2D eigenvalue weighted by Gasteiger charge is 2.30. The average molecular weight is 847 g/mol. The number of hydrogen-bond acceptors (Lipinski definition) is 12. The zero-order valence-electron chi connectivity index (χ0n) is 35.8. The summed E-state index contributed by atoms with van der Waals surface area (Å²) in [5, 5.41) is 15.0. The molecule has 62 heavy (non-hydrogen) atoms. The number of ether oxygens (including phenoxy) is 2. The molecule has 6 N–H and O–H groups in total. The van der Waals surface area contributed by atoms with Crippen molar-refractivity contribution in [3.8, 4) is 5.75 Å². The largest absolute Gasteiger partial charge is 0.491 e. The van der Waals surface area contributed by atoms with Gasteiger partial charge in [0.1, 0.15) is 22.7 Å². The number of aromatic nitrogens is 8. The third-order valence-corrected chi connectivity index (χ3v) is 11.3. The van der Waals surface area contributed by atoms with Crippen molar-refractivity contribution in [2.75, 3.05) is 68.6 Å². The van der Waals surface area contributed by atoms with Crippen LogP contribution in [0.5, 0.6) is 5.75 Å². The number of aryl methyl sites for hydroxylation is 4. The topological polar surface area (TPSA) is 224 Å². The molecular weight excluding hydrogens is 793 g/mol. The van der Waals surface area contributed by atoms with E-state index >= 15 is 0 Å². The highest BCUT2D eigenvalue weighted by molar-refractivity contribution is 6.06.